The molecular formula is C16H28N3O5P. The first-order valence-corrected chi connectivity index (χ1v) is 10.1. The first-order chi connectivity index (χ1) is 11.3. The molecule has 1 aromatic rings. The molecular weight excluding hydrogens is 345 g/mol. The van der Waals surface area contributed by atoms with Gasteiger partial charge in [-0.2, -0.15) is 4.98 Å². The molecule has 0 amide bonds. The molecule has 0 bridgehead atoms. The number of nitrogen functional groups attached to an aromatic ring is 1. The zero-order valence-corrected chi connectivity index (χ0v) is 16.2. The number of nitrogens with zero attached hydrogens (tertiary/aromatic N) is 2. The van der Waals surface area contributed by atoms with Crippen molar-refractivity contribution >= 4 is 13.4 Å². The van der Waals surface area contributed by atoms with Crippen molar-refractivity contribution in [3.63, 3.8) is 0 Å². The fourth-order valence-corrected chi connectivity index (χ4v) is 4.46. The highest BCUT2D eigenvalue weighted by Gasteiger charge is 2.46. The highest BCUT2D eigenvalue weighted by atomic mass is 31.2. The maximum atomic E-state index is 12.2. The first-order valence-electron chi connectivity index (χ1n) is 8.35. The summed E-state index contributed by atoms with van der Waals surface area (Å²) in [5.74, 6) is -0.101. The zero-order valence-electron chi connectivity index (χ0n) is 15.3. The summed E-state index contributed by atoms with van der Waals surface area (Å²) in [6.45, 7) is 9.74. The molecule has 0 radical (unpaired) electrons. The van der Waals surface area contributed by atoms with Gasteiger partial charge in [0.05, 0.1) is 12.3 Å². The molecule has 0 aliphatic carbocycles. The van der Waals surface area contributed by atoms with Gasteiger partial charge in [-0.15, -0.1) is 0 Å². The van der Waals surface area contributed by atoms with Crippen LogP contribution in [0.15, 0.2) is 11.0 Å². The largest absolute Gasteiger partial charge is 0.383 e. The topological polar surface area (TPSA) is 128 Å². The standard InChI is InChI=1S/C16H28N3O5P/c1-9-7-19(15(20)18-14(9)17)12-6-11(16(3,4)5)13(24-12)10(2)8-25(21,22)23/h7,10-13H,6,8H2,1-5H3,(H2,17,18,20)(H2,21,22,23)/t10-,11?,12-,13-/m1/s1. The van der Waals surface area contributed by atoms with Crippen LogP contribution in [0.5, 0.6) is 0 Å². The molecule has 1 aliphatic rings. The lowest BCUT2D eigenvalue weighted by molar-refractivity contribution is -0.0390. The predicted octanol–water partition coefficient (Wildman–Crippen LogP) is 1.90. The minimum Gasteiger partial charge on any atom is -0.383 e. The second-order valence-corrected chi connectivity index (χ2v) is 9.78. The van der Waals surface area contributed by atoms with Gasteiger partial charge in [-0.05, 0) is 30.6 Å². The number of aromatic nitrogens is 2. The molecule has 1 aliphatic heterocycles. The van der Waals surface area contributed by atoms with Crippen LogP contribution in [0.4, 0.5) is 5.82 Å². The molecule has 142 valence electrons. The van der Waals surface area contributed by atoms with Crippen molar-refractivity contribution in [3.05, 3.63) is 22.2 Å². The molecule has 0 spiro atoms. The van der Waals surface area contributed by atoms with E-state index in [1.54, 1.807) is 20.0 Å². The summed E-state index contributed by atoms with van der Waals surface area (Å²) in [6.07, 6.45) is 1.08. The minimum atomic E-state index is -4.15. The Morgan fingerprint density at radius 2 is 2.08 bits per heavy atom. The minimum absolute atomic E-state index is 0.0452. The van der Waals surface area contributed by atoms with Gasteiger partial charge in [-0.3, -0.25) is 9.13 Å². The number of anilines is 1. The van der Waals surface area contributed by atoms with E-state index in [9.17, 15) is 19.1 Å². The fourth-order valence-electron chi connectivity index (χ4n) is 3.50. The highest BCUT2D eigenvalue weighted by molar-refractivity contribution is 7.51. The molecule has 0 aromatic carbocycles. The Morgan fingerprint density at radius 3 is 2.60 bits per heavy atom. The van der Waals surface area contributed by atoms with Crippen LogP contribution in [0, 0.1) is 24.2 Å². The van der Waals surface area contributed by atoms with Crippen LogP contribution >= 0.6 is 7.60 Å². The van der Waals surface area contributed by atoms with Crippen molar-refractivity contribution in [2.24, 2.45) is 17.3 Å². The van der Waals surface area contributed by atoms with Gasteiger partial charge in [0.25, 0.3) is 0 Å². The third-order valence-electron chi connectivity index (χ3n) is 4.85. The van der Waals surface area contributed by atoms with E-state index < -0.39 is 19.5 Å². The normalized spacial score (nSPS) is 26.0. The van der Waals surface area contributed by atoms with E-state index in [0.717, 1.165) is 0 Å². The molecule has 4 N–H and O–H groups in total. The van der Waals surface area contributed by atoms with E-state index in [0.29, 0.717) is 12.0 Å². The van der Waals surface area contributed by atoms with Crippen LogP contribution in [0.1, 0.15) is 45.9 Å². The van der Waals surface area contributed by atoms with E-state index in [1.165, 1.54) is 4.57 Å². The molecule has 8 nitrogen and oxygen atoms in total. The first kappa shape index (κ1) is 20.1. The average Bonchev–Trinajstić information content (AvgIpc) is 2.86. The molecule has 4 atom stereocenters. The maximum Gasteiger partial charge on any atom is 0.351 e. The van der Waals surface area contributed by atoms with Crippen molar-refractivity contribution in [1.82, 2.24) is 9.55 Å². The number of rotatable bonds is 4. The number of hydrogen-bond donors (Lipinski definition) is 3. The lowest BCUT2D eigenvalue weighted by Crippen LogP contribution is -2.34. The molecule has 0 saturated carbocycles. The van der Waals surface area contributed by atoms with Crippen LogP contribution in [-0.2, 0) is 9.30 Å². The van der Waals surface area contributed by atoms with Gasteiger partial charge < -0.3 is 20.3 Å². The summed E-state index contributed by atoms with van der Waals surface area (Å²) in [5.41, 5.74) is 5.74. The van der Waals surface area contributed by atoms with Crippen molar-refractivity contribution < 1.29 is 19.1 Å². The summed E-state index contributed by atoms with van der Waals surface area (Å²) in [4.78, 5) is 34.6. The molecule has 1 aromatic heterocycles. The number of ether oxygens (including phenoxy) is 1. The number of hydrogen-bond acceptors (Lipinski definition) is 5. The van der Waals surface area contributed by atoms with Gasteiger partial charge in [-0.1, -0.05) is 27.7 Å². The van der Waals surface area contributed by atoms with E-state index in [2.05, 4.69) is 25.8 Å². The Hall–Kier alpha value is -1.21. The van der Waals surface area contributed by atoms with Crippen LogP contribution in [0.2, 0.25) is 0 Å². The second kappa shape index (κ2) is 6.83. The van der Waals surface area contributed by atoms with Gasteiger partial charge >= 0.3 is 13.3 Å². The van der Waals surface area contributed by atoms with Crippen LogP contribution in [0.3, 0.4) is 0 Å². The summed E-state index contributed by atoms with van der Waals surface area (Å²) in [7, 11) is -4.15. The Morgan fingerprint density at radius 1 is 1.48 bits per heavy atom. The quantitative estimate of drug-likeness (QED) is 0.688. The third kappa shape index (κ3) is 4.70. The molecule has 2 heterocycles. The van der Waals surface area contributed by atoms with E-state index >= 15 is 0 Å². The van der Waals surface area contributed by atoms with Gasteiger partial charge in [0.15, 0.2) is 0 Å². The van der Waals surface area contributed by atoms with Crippen LogP contribution in [0.25, 0.3) is 0 Å². The van der Waals surface area contributed by atoms with Crippen molar-refractivity contribution in [1.29, 1.82) is 0 Å². The number of aryl methyl sites for hydroxylation is 1. The van der Waals surface area contributed by atoms with Crippen molar-refractivity contribution in [3.8, 4) is 0 Å². The second-order valence-electron chi connectivity index (χ2n) is 8.09. The summed E-state index contributed by atoms with van der Waals surface area (Å²) in [6, 6.07) is 0. The SMILES string of the molecule is Cc1cn([C@H]2CC(C(C)(C)C)[C@@H]([C@H](C)CP(=O)(O)O)O2)c(=O)nc1N. The monoisotopic (exact) mass is 373 g/mol. The maximum absolute atomic E-state index is 12.2. The molecule has 1 unspecified atom stereocenters. The Bertz CT molecular complexity index is 736. The Balaban J connectivity index is 2.35. The molecule has 1 saturated heterocycles. The van der Waals surface area contributed by atoms with E-state index in [1.807, 2.05) is 0 Å². The Labute approximate surface area is 147 Å². The smallest absolute Gasteiger partial charge is 0.351 e. The Kier molecular flexibility index (Phi) is 5.50. The van der Waals surface area contributed by atoms with Gasteiger partial charge in [-0.25, -0.2) is 4.79 Å². The average molecular weight is 373 g/mol. The third-order valence-corrected chi connectivity index (χ3v) is 5.90. The molecule has 2 rings (SSSR count). The number of nitrogens with two attached hydrogens (primary N) is 1. The van der Waals surface area contributed by atoms with Gasteiger partial charge in [0, 0.05) is 11.8 Å². The lowest BCUT2D eigenvalue weighted by Gasteiger charge is -2.33. The van der Waals surface area contributed by atoms with Crippen LogP contribution in [-0.4, -0.2) is 31.6 Å². The highest BCUT2D eigenvalue weighted by Crippen LogP contribution is 2.48. The zero-order chi connectivity index (χ0) is 19.2. The fraction of sp³-hybridized carbons (Fsp3) is 0.750. The molecule has 25 heavy (non-hydrogen) atoms. The van der Waals surface area contributed by atoms with Crippen molar-refractivity contribution in [2.45, 2.75) is 53.4 Å². The molecule has 9 heteroatoms. The summed E-state index contributed by atoms with van der Waals surface area (Å²) < 4.78 is 18.9. The van der Waals surface area contributed by atoms with Crippen LogP contribution < -0.4 is 11.4 Å². The molecule has 1 fully saturated rings. The van der Waals surface area contributed by atoms with Crippen molar-refractivity contribution in [2.75, 3.05) is 11.9 Å². The predicted molar refractivity (Wildman–Crippen MR) is 95.2 cm³/mol. The lowest BCUT2D eigenvalue weighted by atomic mass is 9.74. The van der Waals surface area contributed by atoms with E-state index in [4.69, 9.17) is 10.5 Å². The van der Waals surface area contributed by atoms with Gasteiger partial charge in [0.2, 0.25) is 0 Å². The van der Waals surface area contributed by atoms with E-state index in [-0.39, 0.29) is 35.3 Å². The van der Waals surface area contributed by atoms with Gasteiger partial charge in [0.1, 0.15) is 12.0 Å². The summed E-state index contributed by atoms with van der Waals surface area (Å²) in [5, 5.41) is 0. The summed E-state index contributed by atoms with van der Waals surface area (Å²) >= 11 is 0.